The number of para-hydroxylation sites is 1. The van der Waals surface area contributed by atoms with Gasteiger partial charge in [-0.15, -0.1) is 16.6 Å². The van der Waals surface area contributed by atoms with Crippen LogP contribution in [-0.2, 0) is 6.42 Å². The monoisotopic (exact) mass is 418 g/mol. The number of thiazole rings is 1. The summed E-state index contributed by atoms with van der Waals surface area (Å²) >= 11 is 1.50. The minimum atomic E-state index is -0.557. The van der Waals surface area contributed by atoms with Crippen molar-refractivity contribution in [3.8, 4) is 6.07 Å². The van der Waals surface area contributed by atoms with Gasteiger partial charge >= 0.3 is 0 Å². The molecule has 2 aromatic carbocycles. The molecule has 4 aromatic rings. The maximum Gasteiger partial charge on any atom is 0.222 e. The van der Waals surface area contributed by atoms with Crippen LogP contribution in [0.5, 0.6) is 0 Å². The molecule has 0 aliphatic carbocycles. The second kappa shape index (κ2) is 8.84. The van der Waals surface area contributed by atoms with E-state index < -0.39 is 5.92 Å². The van der Waals surface area contributed by atoms with Crippen molar-refractivity contribution in [1.29, 1.82) is 5.26 Å². The number of nitrogens with zero attached hydrogens (tertiary/aromatic N) is 5. The van der Waals surface area contributed by atoms with Crippen LogP contribution in [0.1, 0.15) is 22.2 Å². The fraction of sp³-hybridized carbons (Fsp3) is 0.143. The lowest BCUT2D eigenvalue weighted by molar-refractivity contribution is 0.0291. The third-order valence-electron chi connectivity index (χ3n) is 4.52. The number of nitriles is 1. The van der Waals surface area contributed by atoms with E-state index >= 15 is 0 Å². The van der Waals surface area contributed by atoms with Gasteiger partial charge in [0.2, 0.25) is 5.95 Å². The van der Waals surface area contributed by atoms with Crippen LogP contribution in [0.25, 0.3) is 10.2 Å². The van der Waals surface area contributed by atoms with Crippen molar-refractivity contribution in [2.24, 2.45) is 0 Å². The first-order chi connectivity index (χ1) is 14.6. The summed E-state index contributed by atoms with van der Waals surface area (Å²) < 4.78 is 1.04. The Morgan fingerprint density at radius 2 is 1.87 bits per heavy atom. The van der Waals surface area contributed by atoms with Gasteiger partial charge < -0.3 is 5.32 Å². The van der Waals surface area contributed by atoms with Crippen LogP contribution in [0.4, 0.5) is 11.6 Å². The first-order valence-electron chi connectivity index (χ1n) is 9.23. The molecule has 0 saturated carbocycles. The zero-order chi connectivity index (χ0) is 20.9. The van der Waals surface area contributed by atoms with E-state index in [1.807, 2.05) is 36.4 Å². The third-order valence-corrected chi connectivity index (χ3v) is 5.62. The Hall–Kier alpha value is -3.58. The van der Waals surface area contributed by atoms with Crippen molar-refractivity contribution >= 4 is 33.2 Å². The van der Waals surface area contributed by atoms with Gasteiger partial charge in [0.05, 0.1) is 27.7 Å². The molecule has 0 aliphatic heterocycles. The van der Waals surface area contributed by atoms with Crippen LogP contribution in [0.3, 0.4) is 0 Å². The summed E-state index contributed by atoms with van der Waals surface area (Å²) in [5, 5.41) is 31.7. The second-order valence-electron chi connectivity index (χ2n) is 6.52. The molecule has 0 bridgehead atoms. The molecule has 0 saturated heterocycles. The molecule has 8 nitrogen and oxygen atoms in total. The normalized spacial score (nSPS) is 11.8. The van der Waals surface area contributed by atoms with Crippen molar-refractivity contribution in [2.75, 3.05) is 17.1 Å². The second-order valence-corrected chi connectivity index (χ2v) is 7.58. The fourth-order valence-electron chi connectivity index (χ4n) is 2.99. The molecule has 0 radical (unpaired) electrons. The molecule has 0 fully saturated rings. The number of rotatable bonds is 7. The third kappa shape index (κ3) is 4.36. The van der Waals surface area contributed by atoms with Crippen LogP contribution < -0.4 is 10.5 Å². The summed E-state index contributed by atoms with van der Waals surface area (Å²) in [4.78, 5) is 13.3. The summed E-state index contributed by atoms with van der Waals surface area (Å²) in [6.07, 6.45) is 2.33. The summed E-state index contributed by atoms with van der Waals surface area (Å²) in [6.45, 7) is 0.586. The Bertz CT molecular complexity index is 1150. The molecule has 1 unspecified atom stereocenters. The Kier molecular flexibility index (Phi) is 5.81. The highest BCUT2D eigenvalue weighted by Gasteiger charge is 2.20. The Balaban J connectivity index is 1.44. The van der Waals surface area contributed by atoms with Crippen molar-refractivity contribution in [3.05, 3.63) is 77.1 Å². The topological polar surface area (TPSA) is 118 Å². The van der Waals surface area contributed by atoms with Gasteiger partial charge in [-0.05, 0) is 42.3 Å². The zero-order valence-electron chi connectivity index (χ0n) is 15.8. The summed E-state index contributed by atoms with van der Waals surface area (Å²) in [5.41, 5.74) is 2.79. The van der Waals surface area contributed by atoms with E-state index in [2.05, 4.69) is 26.3 Å². The van der Waals surface area contributed by atoms with E-state index in [4.69, 9.17) is 10.4 Å². The molecular weight excluding hydrogens is 400 g/mol. The largest absolute Gasteiger partial charge is 0.354 e. The van der Waals surface area contributed by atoms with Crippen molar-refractivity contribution < 1.29 is 10.4 Å². The lowest BCUT2D eigenvalue weighted by atomic mass is 10.1. The number of fused-ring (bicyclic) bond motifs is 1. The van der Waals surface area contributed by atoms with Crippen molar-refractivity contribution in [1.82, 2.24) is 15.0 Å². The van der Waals surface area contributed by atoms with E-state index in [1.165, 1.54) is 11.3 Å². The average Bonchev–Trinajstić information content (AvgIpc) is 3.19. The highest BCUT2D eigenvalue weighted by Crippen LogP contribution is 2.30. The molecule has 30 heavy (non-hydrogen) atoms. The van der Waals surface area contributed by atoms with Gasteiger partial charge in [0.15, 0.2) is 0 Å². The molecule has 1 atom stereocenters. The Morgan fingerprint density at radius 3 is 2.60 bits per heavy atom. The van der Waals surface area contributed by atoms with Crippen molar-refractivity contribution in [3.63, 3.8) is 0 Å². The number of benzene rings is 2. The molecule has 0 amide bonds. The van der Waals surface area contributed by atoms with Crippen LogP contribution >= 0.6 is 11.3 Å². The molecule has 9 heteroatoms. The van der Waals surface area contributed by atoms with Gasteiger partial charge in [-0.25, -0.2) is 15.0 Å². The summed E-state index contributed by atoms with van der Waals surface area (Å²) in [5.74, 6) is -0.110. The molecule has 2 aromatic heterocycles. The minimum absolute atomic E-state index is 0.0818. The van der Waals surface area contributed by atoms with Crippen LogP contribution in [0.2, 0.25) is 0 Å². The fourth-order valence-corrected chi connectivity index (χ4v) is 4.02. The average molecular weight is 418 g/mol. The minimum Gasteiger partial charge on any atom is -0.354 e. The smallest absolute Gasteiger partial charge is 0.222 e. The number of hydrogen-bond acceptors (Lipinski definition) is 9. The van der Waals surface area contributed by atoms with E-state index in [0.29, 0.717) is 35.3 Å². The van der Waals surface area contributed by atoms with E-state index in [-0.39, 0.29) is 5.23 Å². The van der Waals surface area contributed by atoms with Gasteiger partial charge in [-0.3, -0.25) is 10.4 Å². The zero-order valence-corrected chi connectivity index (χ0v) is 16.6. The molecule has 2 heterocycles. The predicted molar refractivity (Wildman–Crippen MR) is 114 cm³/mol. The van der Waals surface area contributed by atoms with Crippen LogP contribution in [0.15, 0.2) is 60.8 Å². The molecule has 4 rings (SSSR count). The number of aromatic nitrogens is 3. The first-order valence-corrected chi connectivity index (χ1v) is 10.0. The lowest BCUT2D eigenvalue weighted by Crippen LogP contribution is -2.11. The molecule has 0 spiro atoms. The number of nitrogens with one attached hydrogen (secondary N) is 1. The van der Waals surface area contributed by atoms with Gasteiger partial charge in [0.25, 0.3) is 0 Å². The summed E-state index contributed by atoms with van der Waals surface area (Å²) in [7, 11) is 0. The van der Waals surface area contributed by atoms with E-state index in [0.717, 1.165) is 15.8 Å². The first kappa shape index (κ1) is 19.7. The number of hydrogen-bond donors (Lipinski definition) is 3. The van der Waals surface area contributed by atoms with E-state index in [9.17, 15) is 5.26 Å². The maximum absolute atomic E-state index is 9.73. The van der Waals surface area contributed by atoms with Crippen molar-refractivity contribution in [2.45, 2.75) is 12.3 Å². The highest BCUT2D eigenvalue weighted by molar-refractivity contribution is 7.18. The molecule has 150 valence electrons. The van der Waals surface area contributed by atoms with Crippen LogP contribution in [0, 0.1) is 11.3 Å². The summed E-state index contributed by atoms with van der Waals surface area (Å²) in [6, 6.07) is 18.7. The van der Waals surface area contributed by atoms with Crippen LogP contribution in [-0.4, -0.2) is 31.9 Å². The SMILES string of the molecule is N#CC(c1ccnc(NCCc2ccc(N(O)O)cc2)n1)c1nc2ccccc2s1. The standard InChI is InChI=1S/C21H18N6O2S/c22-13-16(20-25-18-3-1-2-4-19(18)30-20)17-10-12-24-21(26-17)23-11-9-14-5-7-15(8-6-14)27(28)29/h1-8,10,12,16,28-29H,9,11H2,(H,23,24,26). The lowest BCUT2D eigenvalue weighted by Gasteiger charge is -2.10. The van der Waals surface area contributed by atoms with Gasteiger partial charge in [0.1, 0.15) is 10.9 Å². The van der Waals surface area contributed by atoms with Gasteiger partial charge in [-0.1, -0.05) is 24.3 Å². The van der Waals surface area contributed by atoms with Gasteiger partial charge in [0, 0.05) is 12.7 Å². The Morgan fingerprint density at radius 1 is 1.07 bits per heavy atom. The quantitative estimate of drug-likeness (QED) is 0.386. The van der Waals surface area contributed by atoms with E-state index in [1.54, 1.807) is 24.4 Å². The molecular formula is C21H18N6O2S. The highest BCUT2D eigenvalue weighted by atomic mass is 32.1. The van der Waals surface area contributed by atoms with Gasteiger partial charge in [-0.2, -0.15) is 5.26 Å². The molecule has 3 N–H and O–H groups in total. The number of anilines is 2. The Labute approximate surface area is 176 Å². The molecule has 0 aliphatic rings. The predicted octanol–water partition coefficient (Wildman–Crippen LogP) is 3.98. The maximum atomic E-state index is 9.73.